The first-order valence-corrected chi connectivity index (χ1v) is 6.91. The standard InChI is InChI=1S/C14H18N4O/c1-16-10-6-11-14(5-4-9(10)14)18(11)12-3-2-8(7-17-12)13(15)19/h2-3,7,9-11,16H,4-6H2,1H3,(H2,15,19). The molecule has 4 rings (SSSR count). The van der Waals surface area contributed by atoms with Crippen LogP contribution < -0.4 is 16.0 Å². The maximum absolute atomic E-state index is 11.1. The van der Waals surface area contributed by atoms with E-state index in [1.165, 1.54) is 19.3 Å². The van der Waals surface area contributed by atoms with Crippen LogP contribution in [0.15, 0.2) is 18.3 Å². The maximum atomic E-state index is 11.1. The van der Waals surface area contributed by atoms with E-state index in [9.17, 15) is 4.79 Å². The van der Waals surface area contributed by atoms with Crippen molar-refractivity contribution in [1.29, 1.82) is 0 Å². The Bertz CT molecular complexity index is 543. The molecule has 100 valence electrons. The van der Waals surface area contributed by atoms with Gasteiger partial charge in [0.25, 0.3) is 0 Å². The first kappa shape index (κ1) is 11.2. The number of nitrogens with two attached hydrogens (primary N) is 1. The molecule has 1 aromatic rings. The molecule has 1 aliphatic heterocycles. The number of nitrogens with zero attached hydrogens (tertiary/aromatic N) is 2. The lowest BCUT2D eigenvalue weighted by Gasteiger charge is -2.40. The van der Waals surface area contributed by atoms with Crippen LogP contribution in [0.2, 0.25) is 0 Å². The predicted molar refractivity (Wildman–Crippen MR) is 71.9 cm³/mol. The van der Waals surface area contributed by atoms with Crippen LogP contribution in [0.4, 0.5) is 5.82 Å². The molecule has 2 saturated carbocycles. The van der Waals surface area contributed by atoms with Crippen LogP contribution in [-0.4, -0.2) is 35.6 Å². The third-order valence-corrected chi connectivity index (χ3v) is 5.38. The van der Waals surface area contributed by atoms with Crippen molar-refractivity contribution < 1.29 is 4.79 Å². The molecule has 1 amide bonds. The summed E-state index contributed by atoms with van der Waals surface area (Å²) in [6.07, 6.45) is 5.39. The van der Waals surface area contributed by atoms with Crippen LogP contribution in [0.1, 0.15) is 29.6 Å². The number of primary amides is 1. The number of carbonyl (C=O) groups excluding carboxylic acids is 1. The summed E-state index contributed by atoms with van der Waals surface area (Å²) >= 11 is 0. The summed E-state index contributed by atoms with van der Waals surface area (Å²) in [5, 5.41) is 3.44. The minimum atomic E-state index is -0.417. The molecule has 2 heterocycles. The molecule has 5 heteroatoms. The summed E-state index contributed by atoms with van der Waals surface area (Å²) < 4.78 is 0. The van der Waals surface area contributed by atoms with Crippen molar-refractivity contribution in [3.8, 4) is 0 Å². The molecule has 0 aromatic carbocycles. The summed E-state index contributed by atoms with van der Waals surface area (Å²) in [7, 11) is 2.06. The average Bonchev–Trinajstić information content (AvgIpc) is 3.01. The Hall–Kier alpha value is -1.62. The number of rotatable bonds is 3. The molecule has 0 radical (unpaired) electrons. The third-order valence-electron chi connectivity index (χ3n) is 5.38. The maximum Gasteiger partial charge on any atom is 0.250 e. The first-order valence-electron chi connectivity index (χ1n) is 6.91. The van der Waals surface area contributed by atoms with E-state index in [-0.39, 0.29) is 0 Å². The Balaban J connectivity index is 1.59. The lowest BCUT2D eigenvalue weighted by molar-refractivity contribution is 0.1000. The molecule has 1 spiro atoms. The van der Waals surface area contributed by atoms with Gasteiger partial charge in [0.2, 0.25) is 5.91 Å². The van der Waals surface area contributed by atoms with Gasteiger partial charge in [0, 0.05) is 12.2 Å². The van der Waals surface area contributed by atoms with E-state index < -0.39 is 5.91 Å². The van der Waals surface area contributed by atoms with Crippen molar-refractivity contribution in [3.63, 3.8) is 0 Å². The second-order valence-electron chi connectivity index (χ2n) is 5.92. The van der Waals surface area contributed by atoms with Gasteiger partial charge in [-0.15, -0.1) is 0 Å². The van der Waals surface area contributed by atoms with Crippen LogP contribution in [0.25, 0.3) is 0 Å². The van der Waals surface area contributed by atoms with E-state index in [0.717, 1.165) is 11.7 Å². The average molecular weight is 258 g/mol. The van der Waals surface area contributed by atoms with Gasteiger partial charge < -0.3 is 16.0 Å². The number of pyridine rings is 1. The summed E-state index contributed by atoms with van der Waals surface area (Å²) in [5.74, 6) is 1.34. The van der Waals surface area contributed by atoms with Crippen LogP contribution in [0.3, 0.4) is 0 Å². The third kappa shape index (κ3) is 1.23. The van der Waals surface area contributed by atoms with Gasteiger partial charge in [-0.1, -0.05) is 0 Å². The summed E-state index contributed by atoms with van der Waals surface area (Å²) in [6.45, 7) is 0. The molecular formula is C14H18N4O. The van der Waals surface area contributed by atoms with Gasteiger partial charge in [0.15, 0.2) is 0 Å². The quantitative estimate of drug-likeness (QED) is 0.775. The monoisotopic (exact) mass is 258 g/mol. The van der Waals surface area contributed by atoms with E-state index in [1.54, 1.807) is 12.3 Å². The van der Waals surface area contributed by atoms with Crippen molar-refractivity contribution >= 4 is 11.7 Å². The Morgan fingerprint density at radius 3 is 2.89 bits per heavy atom. The predicted octanol–water partition coefficient (Wildman–Crippen LogP) is 0.510. The lowest BCUT2D eigenvalue weighted by atomic mass is 9.72. The van der Waals surface area contributed by atoms with E-state index in [4.69, 9.17) is 5.73 Å². The Kier molecular flexibility index (Phi) is 2.05. The fourth-order valence-electron chi connectivity index (χ4n) is 4.36. The molecule has 19 heavy (non-hydrogen) atoms. The number of amides is 1. The molecule has 2 aliphatic carbocycles. The van der Waals surface area contributed by atoms with E-state index >= 15 is 0 Å². The fraction of sp³-hybridized carbons (Fsp3) is 0.571. The lowest BCUT2D eigenvalue weighted by Crippen LogP contribution is -2.47. The number of nitrogens with one attached hydrogen (secondary N) is 1. The molecule has 1 saturated heterocycles. The van der Waals surface area contributed by atoms with Gasteiger partial charge in [-0.2, -0.15) is 0 Å². The highest BCUT2D eigenvalue weighted by Gasteiger charge is 2.76. The summed E-state index contributed by atoms with van der Waals surface area (Å²) in [4.78, 5) is 17.9. The number of anilines is 1. The SMILES string of the molecule is CNC1CC2N(c3ccc(C(N)=O)cn3)C23CCC13. The van der Waals surface area contributed by atoms with Crippen molar-refractivity contribution in [2.75, 3.05) is 11.9 Å². The van der Waals surface area contributed by atoms with Gasteiger partial charge in [0.1, 0.15) is 5.82 Å². The molecule has 5 nitrogen and oxygen atoms in total. The number of hydrogen-bond acceptors (Lipinski definition) is 4. The zero-order valence-corrected chi connectivity index (χ0v) is 11.0. The zero-order chi connectivity index (χ0) is 13.2. The van der Waals surface area contributed by atoms with Crippen molar-refractivity contribution in [2.45, 2.75) is 36.9 Å². The molecule has 1 aromatic heterocycles. The number of hydrogen-bond donors (Lipinski definition) is 2. The molecule has 0 bridgehead atoms. The van der Waals surface area contributed by atoms with Crippen molar-refractivity contribution in [2.24, 2.45) is 11.7 Å². The Morgan fingerprint density at radius 2 is 2.42 bits per heavy atom. The number of aromatic nitrogens is 1. The number of piperidine rings is 1. The van der Waals surface area contributed by atoms with Crippen LogP contribution in [0.5, 0.6) is 0 Å². The highest BCUT2D eigenvalue weighted by Crippen LogP contribution is 2.67. The van der Waals surface area contributed by atoms with Crippen molar-refractivity contribution in [3.05, 3.63) is 23.9 Å². The highest BCUT2D eigenvalue weighted by molar-refractivity contribution is 5.92. The zero-order valence-electron chi connectivity index (χ0n) is 11.0. The Labute approximate surface area is 112 Å². The molecule has 4 unspecified atom stereocenters. The van der Waals surface area contributed by atoms with E-state index in [0.29, 0.717) is 23.2 Å². The van der Waals surface area contributed by atoms with Gasteiger partial charge in [-0.25, -0.2) is 4.98 Å². The minimum absolute atomic E-state index is 0.370. The van der Waals surface area contributed by atoms with E-state index in [1.807, 2.05) is 6.07 Å². The van der Waals surface area contributed by atoms with Crippen LogP contribution >= 0.6 is 0 Å². The molecule has 3 fully saturated rings. The van der Waals surface area contributed by atoms with Crippen LogP contribution in [0, 0.1) is 5.92 Å². The normalized spacial score (nSPS) is 38.4. The Morgan fingerprint density at radius 1 is 1.58 bits per heavy atom. The fourth-order valence-corrected chi connectivity index (χ4v) is 4.36. The number of carbonyl (C=O) groups is 1. The van der Waals surface area contributed by atoms with Gasteiger partial charge in [-0.3, -0.25) is 4.79 Å². The van der Waals surface area contributed by atoms with Gasteiger partial charge >= 0.3 is 0 Å². The van der Waals surface area contributed by atoms with Crippen molar-refractivity contribution in [1.82, 2.24) is 10.3 Å². The molecule has 3 N–H and O–H groups in total. The topological polar surface area (TPSA) is 71.0 Å². The molecular weight excluding hydrogens is 240 g/mol. The second-order valence-corrected chi connectivity index (χ2v) is 5.92. The first-order chi connectivity index (χ1) is 9.18. The van der Waals surface area contributed by atoms with Crippen LogP contribution in [-0.2, 0) is 0 Å². The largest absolute Gasteiger partial charge is 0.366 e. The minimum Gasteiger partial charge on any atom is -0.366 e. The molecule has 4 atom stereocenters. The van der Waals surface area contributed by atoms with E-state index in [2.05, 4.69) is 22.2 Å². The van der Waals surface area contributed by atoms with Gasteiger partial charge in [0.05, 0.1) is 17.1 Å². The second kappa shape index (κ2) is 3.48. The molecule has 3 aliphatic rings. The smallest absolute Gasteiger partial charge is 0.250 e. The highest BCUT2D eigenvalue weighted by atomic mass is 16.1. The summed E-state index contributed by atoms with van der Waals surface area (Å²) in [5.41, 5.74) is 6.09. The summed E-state index contributed by atoms with van der Waals surface area (Å²) in [6, 6.07) is 5.01. The van der Waals surface area contributed by atoms with Gasteiger partial charge in [-0.05, 0) is 44.4 Å².